The number of aromatic nitrogens is 2. The first kappa shape index (κ1) is 24.1. The zero-order valence-corrected chi connectivity index (χ0v) is 17.5. The van der Waals surface area contributed by atoms with Crippen LogP contribution < -0.4 is 5.32 Å². The van der Waals surface area contributed by atoms with E-state index in [0.29, 0.717) is 6.07 Å². The number of alkyl halides is 6. The zero-order chi connectivity index (χ0) is 23.9. The molecule has 1 heterocycles. The molecule has 0 atom stereocenters. The lowest BCUT2D eigenvalue weighted by molar-refractivity contribution is -0.141. The summed E-state index contributed by atoms with van der Waals surface area (Å²) in [7, 11) is -2.80. The van der Waals surface area contributed by atoms with Gasteiger partial charge in [0.2, 0.25) is 0 Å². The molecule has 1 fully saturated rings. The molecule has 0 saturated heterocycles. The Morgan fingerprint density at radius 1 is 1.06 bits per heavy atom. The monoisotopic (exact) mass is 483 g/mol. The van der Waals surface area contributed by atoms with Gasteiger partial charge >= 0.3 is 12.4 Å². The lowest BCUT2D eigenvalue weighted by Gasteiger charge is -2.29. The summed E-state index contributed by atoms with van der Waals surface area (Å²) in [5.41, 5.74) is -3.03. The van der Waals surface area contributed by atoms with Gasteiger partial charge in [0.15, 0.2) is 15.5 Å². The van der Waals surface area contributed by atoms with Crippen LogP contribution in [0.2, 0.25) is 0 Å². The van der Waals surface area contributed by atoms with Gasteiger partial charge in [0.05, 0.1) is 21.3 Å². The molecule has 0 radical (unpaired) electrons. The number of rotatable bonds is 4. The van der Waals surface area contributed by atoms with Crippen LogP contribution in [-0.4, -0.2) is 35.4 Å². The molecule has 3 rings (SSSR count). The van der Waals surface area contributed by atoms with Gasteiger partial charge in [-0.15, -0.1) is 0 Å². The van der Waals surface area contributed by atoms with Crippen molar-refractivity contribution >= 4 is 15.7 Å². The number of hydrogen-bond acceptors (Lipinski definition) is 4. The van der Waals surface area contributed by atoms with Crippen molar-refractivity contribution in [3.05, 3.63) is 47.3 Å². The van der Waals surface area contributed by atoms with Crippen LogP contribution in [0.25, 0.3) is 0 Å². The van der Waals surface area contributed by atoms with Gasteiger partial charge in [0, 0.05) is 19.3 Å². The van der Waals surface area contributed by atoms with E-state index in [1.54, 1.807) is 0 Å². The Morgan fingerprint density at radius 2 is 1.69 bits per heavy atom. The van der Waals surface area contributed by atoms with Gasteiger partial charge in [0.1, 0.15) is 0 Å². The second kappa shape index (κ2) is 8.41. The number of aryl methyl sites for hydroxylation is 1. The molecule has 13 heteroatoms. The number of nitrogens with zero attached hydrogens (tertiary/aromatic N) is 2. The highest BCUT2D eigenvalue weighted by Crippen LogP contribution is 2.34. The van der Waals surface area contributed by atoms with Crippen LogP contribution in [0, 0.1) is 0 Å². The Morgan fingerprint density at radius 3 is 2.25 bits per heavy atom. The molecule has 1 aromatic carbocycles. The predicted octanol–water partition coefficient (Wildman–Crippen LogP) is 3.97. The minimum atomic E-state index is -4.81. The molecule has 1 aliphatic rings. The summed E-state index contributed by atoms with van der Waals surface area (Å²) in [4.78, 5) is 11.9. The molecule has 1 aliphatic carbocycles. The van der Waals surface area contributed by atoms with Crippen LogP contribution in [0.5, 0.6) is 0 Å². The fourth-order valence-electron chi connectivity index (χ4n) is 3.69. The molecule has 32 heavy (non-hydrogen) atoms. The first-order valence-corrected chi connectivity index (χ1v) is 11.1. The van der Waals surface area contributed by atoms with E-state index in [4.69, 9.17) is 0 Å². The number of nitrogens with one attached hydrogen (secondary N) is 1. The molecule has 6 nitrogen and oxygen atoms in total. The summed E-state index contributed by atoms with van der Waals surface area (Å²) >= 11 is 0. The largest absolute Gasteiger partial charge is 0.435 e. The topological polar surface area (TPSA) is 81.1 Å². The standard InChI is InChI=1S/C19H19F6N3O3S/c1-28-10-15(16(27-28)19(23,24)25)17(29)26-12-5-7-13(8-6-12)32(30,31)14-4-2-3-11(9-14)18(20,21)22/h2-4,9-10,12-13H,5-8H2,1H3,(H,26,29)/t12-,13+. The molecule has 1 amide bonds. The van der Waals surface area contributed by atoms with Gasteiger partial charge in [-0.1, -0.05) is 6.07 Å². The van der Waals surface area contributed by atoms with Crippen LogP contribution in [0.4, 0.5) is 26.3 Å². The van der Waals surface area contributed by atoms with Gasteiger partial charge in [-0.05, 0) is 43.9 Å². The second-order valence-corrected chi connectivity index (χ2v) is 9.81. The van der Waals surface area contributed by atoms with Crippen molar-refractivity contribution in [2.24, 2.45) is 7.05 Å². The van der Waals surface area contributed by atoms with Crippen LogP contribution >= 0.6 is 0 Å². The van der Waals surface area contributed by atoms with Gasteiger partial charge in [-0.25, -0.2) is 8.42 Å². The van der Waals surface area contributed by atoms with E-state index in [0.717, 1.165) is 29.1 Å². The van der Waals surface area contributed by atoms with E-state index >= 15 is 0 Å². The summed E-state index contributed by atoms with van der Waals surface area (Å²) in [5.74, 6) is -0.977. The normalized spacial score (nSPS) is 20.2. The highest BCUT2D eigenvalue weighted by Gasteiger charge is 2.40. The van der Waals surface area contributed by atoms with E-state index in [2.05, 4.69) is 10.4 Å². The smallest absolute Gasteiger partial charge is 0.349 e. The van der Waals surface area contributed by atoms with Crippen LogP contribution in [0.3, 0.4) is 0 Å². The van der Waals surface area contributed by atoms with Crippen molar-refractivity contribution in [2.75, 3.05) is 0 Å². The molecular weight excluding hydrogens is 464 g/mol. The second-order valence-electron chi connectivity index (χ2n) is 7.58. The number of carbonyl (C=O) groups excluding carboxylic acids is 1. The highest BCUT2D eigenvalue weighted by molar-refractivity contribution is 7.92. The molecule has 1 N–H and O–H groups in total. The van der Waals surface area contributed by atoms with Crippen molar-refractivity contribution < 1.29 is 39.6 Å². The SMILES string of the molecule is Cn1cc(C(=O)N[C@H]2CC[C@@H](S(=O)(=O)c3cccc(C(F)(F)F)c3)CC2)c(C(F)(F)F)n1. The van der Waals surface area contributed by atoms with E-state index in [9.17, 15) is 39.6 Å². The summed E-state index contributed by atoms with van der Waals surface area (Å²) < 4.78 is 104. The van der Waals surface area contributed by atoms with Crippen molar-refractivity contribution in [2.45, 2.75) is 54.2 Å². The maximum atomic E-state index is 13.1. The Kier molecular flexibility index (Phi) is 6.33. The predicted molar refractivity (Wildman–Crippen MR) is 100 cm³/mol. The minimum Gasteiger partial charge on any atom is -0.349 e. The van der Waals surface area contributed by atoms with Crippen molar-refractivity contribution in [3.8, 4) is 0 Å². The summed E-state index contributed by atoms with van der Waals surface area (Å²) in [6.45, 7) is 0. The lowest BCUT2D eigenvalue weighted by Crippen LogP contribution is -2.40. The van der Waals surface area contributed by atoms with E-state index in [1.807, 2.05) is 0 Å². The third kappa shape index (κ3) is 5.08. The Hall–Kier alpha value is -2.57. The maximum Gasteiger partial charge on any atom is 0.435 e. The van der Waals surface area contributed by atoms with Gasteiger partial charge in [-0.3, -0.25) is 9.48 Å². The van der Waals surface area contributed by atoms with Gasteiger partial charge in [0.25, 0.3) is 5.91 Å². The van der Waals surface area contributed by atoms with Crippen molar-refractivity contribution in [3.63, 3.8) is 0 Å². The van der Waals surface area contributed by atoms with Crippen molar-refractivity contribution in [1.82, 2.24) is 15.1 Å². The molecule has 0 unspecified atom stereocenters. The highest BCUT2D eigenvalue weighted by atomic mass is 32.2. The van der Waals surface area contributed by atoms with Crippen LogP contribution in [-0.2, 0) is 29.2 Å². The van der Waals surface area contributed by atoms with E-state index in [-0.39, 0.29) is 25.7 Å². The number of benzene rings is 1. The molecule has 1 aromatic heterocycles. The Bertz CT molecular complexity index is 1100. The number of amides is 1. The molecular formula is C19H19F6N3O3S. The molecule has 2 aromatic rings. The first-order valence-electron chi connectivity index (χ1n) is 9.52. The fraction of sp³-hybridized carbons (Fsp3) is 0.474. The van der Waals surface area contributed by atoms with Gasteiger partial charge < -0.3 is 5.32 Å². The molecule has 0 spiro atoms. The minimum absolute atomic E-state index is 0.0443. The summed E-state index contributed by atoms with van der Waals surface area (Å²) in [5, 5.41) is 4.78. The maximum absolute atomic E-state index is 13.1. The third-order valence-electron chi connectivity index (χ3n) is 5.28. The number of carbonyl (C=O) groups is 1. The lowest BCUT2D eigenvalue weighted by atomic mass is 9.94. The molecule has 0 bridgehead atoms. The molecule has 0 aliphatic heterocycles. The van der Waals surface area contributed by atoms with E-state index < -0.39 is 61.1 Å². The summed E-state index contributed by atoms with van der Waals surface area (Å²) in [6, 6.07) is 2.91. The van der Waals surface area contributed by atoms with E-state index in [1.165, 1.54) is 7.05 Å². The average Bonchev–Trinajstić information content (AvgIpc) is 3.10. The Balaban J connectivity index is 1.68. The quantitative estimate of drug-likeness (QED) is 0.668. The molecule has 1 saturated carbocycles. The molecule has 176 valence electrons. The summed E-state index contributed by atoms with van der Waals surface area (Å²) in [6.07, 6.45) is -8.17. The number of halogens is 6. The zero-order valence-electron chi connectivity index (χ0n) is 16.7. The number of hydrogen-bond donors (Lipinski definition) is 1. The van der Waals surface area contributed by atoms with Crippen LogP contribution in [0.15, 0.2) is 35.4 Å². The average molecular weight is 483 g/mol. The third-order valence-corrected chi connectivity index (χ3v) is 7.54. The van der Waals surface area contributed by atoms with Crippen molar-refractivity contribution in [1.29, 1.82) is 0 Å². The van der Waals surface area contributed by atoms with Gasteiger partial charge in [-0.2, -0.15) is 31.4 Å². The fourth-order valence-corrected chi connectivity index (χ4v) is 5.52. The van der Waals surface area contributed by atoms with Crippen LogP contribution in [0.1, 0.15) is 47.3 Å². The number of sulfone groups is 1. The Labute approximate surface area is 179 Å². The first-order chi connectivity index (χ1) is 14.7.